The lowest BCUT2D eigenvalue weighted by atomic mass is 10.1. The molecule has 0 unspecified atom stereocenters. The number of amides is 1. The Morgan fingerprint density at radius 1 is 1.12 bits per heavy atom. The van der Waals surface area contributed by atoms with E-state index in [0.29, 0.717) is 22.0 Å². The summed E-state index contributed by atoms with van der Waals surface area (Å²) in [4.78, 5) is 12.5. The van der Waals surface area contributed by atoms with Gasteiger partial charge in [-0.1, -0.05) is 29.8 Å². The molecule has 4 aromatic rings. The molecule has 2 aromatic heterocycles. The molecule has 0 bridgehead atoms. The number of carbonyl (C=O) groups excluding carboxylic acids is 1. The van der Waals surface area contributed by atoms with Gasteiger partial charge in [-0.3, -0.25) is 4.79 Å². The minimum Gasteiger partial charge on any atom is -0.451 e. The topological polar surface area (TPSA) is 68.0 Å². The molecule has 4 rings (SSSR count). The van der Waals surface area contributed by atoms with Crippen LogP contribution in [0.4, 0.5) is 5.69 Å². The SMILES string of the molecule is Cc1c(Cl)cccc1-c1ccc(C(=O)Nc2cccc3nsnc23)o1. The molecule has 0 aliphatic carbocycles. The summed E-state index contributed by atoms with van der Waals surface area (Å²) in [7, 11) is 0. The fourth-order valence-corrected chi connectivity index (χ4v) is 3.29. The van der Waals surface area contributed by atoms with Crippen molar-refractivity contribution < 1.29 is 9.21 Å². The molecule has 0 saturated carbocycles. The van der Waals surface area contributed by atoms with Gasteiger partial charge in [-0.15, -0.1) is 0 Å². The van der Waals surface area contributed by atoms with Gasteiger partial charge in [0, 0.05) is 10.6 Å². The van der Waals surface area contributed by atoms with Crippen LogP contribution in [0.2, 0.25) is 5.02 Å². The zero-order chi connectivity index (χ0) is 17.4. The summed E-state index contributed by atoms with van der Waals surface area (Å²) in [6.07, 6.45) is 0. The summed E-state index contributed by atoms with van der Waals surface area (Å²) in [6, 6.07) is 14.4. The van der Waals surface area contributed by atoms with Crippen LogP contribution in [-0.4, -0.2) is 14.7 Å². The van der Waals surface area contributed by atoms with E-state index in [1.807, 2.05) is 37.3 Å². The molecule has 0 radical (unpaired) electrons. The van der Waals surface area contributed by atoms with Crippen molar-refractivity contribution in [2.24, 2.45) is 0 Å². The molecule has 5 nitrogen and oxygen atoms in total. The smallest absolute Gasteiger partial charge is 0.291 e. The first kappa shape index (κ1) is 15.8. The first-order chi connectivity index (χ1) is 12.1. The number of hydrogen-bond acceptors (Lipinski definition) is 5. The van der Waals surface area contributed by atoms with Crippen LogP contribution in [0.15, 0.2) is 52.9 Å². The number of nitrogens with zero attached hydrogens (tertiary/aromatic N) is 2. The van der Waals surface area contributed by atoms with E-state index in [1.54, 1.807) is 18.2 Å². The highest BCUT2D eigenvalue weighted by Gasteiger charge is 2.16. The van der Waals surface area contributed by atoms with Crippen molar-refractivity contribution in [3.05, 3.63) is 64.9 Å². The Balaban J connectivity index is 1.63. The maximum atomic E-state index is 12.5. The maximum absolute atomic E-state index is 12.5. The van der Waals surface area contributed by atoms with Crippen LogP contribution in [0.1, 0.15) is 16.1 Å². The summed E-state index contributed by atoms with van der Waals surface area (Å²) in [5, 5.41) is 3.48. The number of hydrogen-bond donors (Lipinski definition) is 1. The van der Waals surface area contributed by atoms with Crippen molar-refractivity contribution in [2.75, 3.05) is 5.32 Å². The molecule has 1 amide bonds. The minimum absolute atomic E-state index is 0.217. The number of nitrogens with one attached hydrogen (secondary N) is 1. The van der Waals surface area contributed by atoms with Crippen molar-refractivity contribution in [3.8, 4) is 11.3 Å². The second kappa shape index (κ2) is 6.31. The zero-order valence-electron chi connectivity index (χ0n) is 13.1. The van der Waals surface area contributed by atoms with Gasteiger partial charge in [-0.05, 0) is 42.8 Å². The van der Waals surface area contributed by atoms with Gasteiger partial charge in [0.05, 0.1) is 17.4 Å². The standard InChI is InChI=1S/C18H12ClN3O2S/c1-10-11(4-2-5-12(10)19)15-8-9-16(24-15)18(23)20-13-6-3-7-14-17(13)22-25-21-14/h2-9H,1H3,(H,20,23). The van der Waals surface area contributed by atoms with Crippen LogP contribution in [0.5, 0.6) is 0 Å². The highest BCUT2D eigenvalue weighted by molar-refractivity contribution is 7.00. The van der Waals surface area contributed by atoms with Crippen molar-refractivity contribution in [1.82, 2.24) is 8.75 Å². The molecule has 0 saturated heterocycles. The van der Waals surface area contributed by atoms with Gasteiger partial charge in [0.25, 0.3) is 5.91 Å². The largest absolute Gasteiger partial charge is 0.451 e. The number of halogens is 1. The molecule has 0 spiro atoms. The van der Waals surface area contributed by atoms with Gasteiger partial charge in [0.1, 0.15) is 16.8 Å². The van der Waals surface area contributed by atoms with Gasteiger partial charge in [-0.25, -0.2) is 0 Å². The third kappa shape index (κ3) is 2.90. The molecule has 0 aliphatic rings. The molecule has 7 heteroatoms. The van der Waals surface area contributed by atoms with Gasteiger partial charge >= 0.3 is 0 Å². The van der Waals surface area contributed by atoms with E-state index in [4.69, 9.17) is 16.0 Å². The van der Waals surface area contributed by atoms with E-state index in [9.17, 15) is 4.79 Å². The summed E-state index contributed by atoms with van der Waals surface area (Å²) in [6.45, 7) is 1.91. The Hall–Kier alpha value is -2.70. The molecule has 124 valence electrons. The van der Waals surface area contributed by atoms with E-state index in [1.165, 1.54) is 0 Å². The van der Waals surface area contributed by atoms with Gasteiger partial charge in [-0.2, -0.15) is 8.75 Å². The Labute approximate surface area is 152 Å². The number of benzene rings is 2. The van der Waals surface area contributed by atoms with Crippen molar-refractivity contribution in [1.29, 1.82) is 0 Å². The highest BCUT2D eigenvalue weighted by Crippen LogP contribution is 2.30. The minimum atomic E-state index is -0.341. The first-order valence-electron chi connectivity index (χ1n) is 7.51. The normalized spacial score (nSPS) is 11.0. The number of carbonyl (C=O) groups is 1. The summed E-state index contributed by atoms with van der Waals surface area (Å²) in [5.41, 5.74) is 3.78. The lowest BCUT2D eigenvalue weighted by molar-refractivity contribution is 0.0997. The second-order valence-electron chi connectivity index (χ2n) is 5.47. The fourth-order valence-electron chi connectivity index (χ4n) is 2.57. The Kier molecular flexibility index (Phi) is 3.99. The van der Waals surface area contributed by atoms with E-state index >= 15 is 0 Å². The Morgan fingerprint density at radius 2 is 1.96 bits per heavy atom. The lowest BCUT2D eigenvalue weighted by Crippen LogP contribution is -2.11. The average molecular weight is 370 g/mol. The number of rotatable bonds is 3. The zero-order valence-corrected chi connectivity index (χ0v) is 14.7. The third-order valence-corrected chi connectivity index (χ3v) is 4.85. The van der Waals surface area contributed by atoms with Crippen LogP contribution in [-0.2, 0) is 0 Å². The quantitative estimate of drug-likeness (QED) is 0.541. The summed E-state index contributed by atoms with van der Waals surface area (Å²) >= 11 is 7.26. The van der Waals surface area contributed by atoms with E-state index in [0.717, 1.165) is 28.4 Å². The van der Waals surface area contributed by atoms with Crippen LogP contribution < -0.4 is 5.32 Å². The third-order valence-electron chi connectivity index (χ3n) is 3.90. The molecular weight excluding hydrogens is 358 g/mol. The Morgan fingerprint density at radius 3 is 2.84 bits per heavy atom. The second-order valence-corrected chi connectivity index (χ2v) is 6.40. The van der Waals surface area contributed by atoms with Crippen molar-refractivity contribution >= 4 is 46.0 Å². The van der Waals surface area contributed by atoms with Gasteiger partial charge in [0.2, 0.25) is 0 Å². The van der Waals surface area contributed by atoms with E-state index in [2.05, 4.69) is 14.1 Å². The van der Waals surface area contributed by atoms with Crippen molar-refractivity contribution in [2.45, 2.75) is 6.92 Å². The van der Waals surface area contributed by atoms with Gasteiger partial charge < -0.3 is 9.73 Å². The van der Waals surface area contributed by atoms with E-state index in [-0.39, 0.29) is 11.7 Å². The first-order valence-corrected chi connectivity index (χ1v) is 8.62. The average Bonchev–Trinajstić information content (AvgIpc) is 3.27. The molecule has 0 aliphatic heterocycles. The van der Waals surface area contributed by atoms with Crippen molar-refractivity contribution in [3.63, 3.8) is 0 Å². The fraction of sp³-hybridized carbons (Fsp3) is 0.0556. The van der Waals surface area contributed by atoms with Crippen LogP contribution in [0, 0.1) is 6.92 Å². The number of fused-ring (bicyclic) bond motifs is 1. The van der Waals surface area contributed by atoms with E-state index < -0.39 is 0 Å². The summed E-state index contributed by atoms with van der Waals surface area (Å²) < 4.78 is 14.1. The molecule has 25 heavy (non-hydrogen) atoms. The maximum Gasteiger partial charge on any atom is 0.291 e. The van der Waals surface area contributed by atoms with Gasteiger partial charge in [0.15, 0.2) is 5.76 Å². The van der Waals surface area contributed by atoms with Crippen LogP contribution in [0.25, 0.3) is 22.4 Å². The molecule has 2 heterocycles. The highest BCUT2D eigenvalue weighted by atomic mass is 35.5. The number of anilines is 1. The molecule has 1 N–H and O–H groups in total. The molecule has 2 aromatic carbocycles. The lowest BCUT2D eigenvalue weighted by Gasteiger charge is -2.05. The molecular formula is C18H12ClN3O2S. The number of aromatic nitrogens is 2. The number of furan rings is 1. The molecule has 0 fully saturated rings. The molecule has 0 atom stereocenters. The van der Waals surface area contributed by atoms with Crippen LogP contribution in [0.3, 0.4) is 0 Å². The summed E-state index contributed by atoms with van der Waals surface area (Å²) in [5.74, 6) is 0.472. The predicted octanol–water partition coefficient (Wildman–Crippen LogP) is 5.17. The van der Waals surface area contributed by atoms with Crippen LogP contribution >= 0.6 is 23.3 Å². The Bertz CT molecular complexity index is 1090. The predicted molar refractivity (Wildman–Crippen MR) is 99.3 cm³/mol. The monoisotopic (exact) mass is 369 g/mol.